The second kappa shape index (κ2) is 6.11. The first-order valence-corrected chi connectivity index (χ1v) is 8.54. The molecule has 5 nitrogen and oxygen atoms in total. The van der Waals surface area contributed by atoms with Gasteiger partial charge in [0.05, 0.1) is 5.69 Å². The largest absolute Gasteiger partial charge is 0.370 e. The van der Waals surface area contributed by atoms with Crippen molar-refractivity contribution in [3.8, 4) is 0 Å². The van der Waals surface area contributed by atoms with Crippen molar-refractivity contribution in [1.29, 1.82) is 0 Å². The highest BCUT2D eigenvalue weighted by Gasteiger charge is 2.29. The number of hydrogen-bond acceptors (Lipinski definition) is 4. The van der Waals surface area contributed by atoms with Crippen molar-refractivity contribution in [3.63, 3.8) is 0 Å². The van der Waals surface area contributed by atoms with Crippen LogP contribution in [0, 0.1) is 5.92 Å². The Morgan fingerprint density at radius 3 is 2.55 bits per heavy atom. The average molecular weight is 297 g/mol. The standard InChI is InChI=1S/C14H23N3O2S/c1-17(12-7-3-2-6-11(12)10-15)13-8-4-5-9-14(13)20(16,18)19/h4-5,8-9,11-12H,2-3,6-7,10,15H2,1H3,(H2,16,18,19). The van der Waals surface area contributed by atoms with Gasteiger partial charge in [-0.1, -0.05) is 25.0 Å². The molecule has 2 rings (SSSR count). The Kier molecular flexibility index (Phi) is 4.67. The van der Waals surface area contributed by atoms with E-state index in [1.165, 1.54) is 6.42 Å². The van der Waals surface area contributed by atoms with E-state index in [-0.39, 0.29) is 10.9 Å². The minimum Gasteiger partial charge on any atom is -0.370 e. The zero-order chi connectivity index (χ0) is 14.8. The topological polar surface area (TPSA) is 89.4 Å². The highest BCUT2D eigenvalue weighted by molar-refractivity contribution is 7.89. The normalized spacial score (nSPS) is 23.6. The van der Waals surface area contributed by atoms with Gasteiger partial charge in [0.1, 0.15) is 4.90 Å². The molecule has 1 aromatic rings. The molecule has 4 N–H and O–H groups in total. The molecule has 112 valence electrons. The van der Waals surface area contributed by atoms with Crippen LogP contribution >= 0.6 is 0 Å². The summed E-state index contributed by atoms with van der Waals surface area (Å²) in [7, 11) is -1.78. The first-order chi connectivity index (χ1) is 9.45. The Hall–Kier alpha value is -1.11. The first kappa shape index (κ1) is 15.3. The predicted octanol–water partition coefficient (Wildman–Crippen LogP) is 1.29. The summed E-state index contributed by atoms with van der Waals surface area (Å²) in [4.78, 5) is 2.22. The number of nitrogens with zero attached hydrogens (tertiary/aromatic N) is 1. The highest BCUT2D eigenvalue weighted by Crippen LogP contribution is 2.32. The van der Waals surface area contributed by atoms with Crippen molar-refractivity contribution < 1.29 is 8.42 Å². The van der Waals surface area contributed by atoms with Crippen molar-refractivity contribution in [3.05, 3.63) is 24.3 Å². The van der Waals surface area contributed by atoms with E-state index in [9.17, 15) is 8.42 Å². The van der Waals surface area contributed by atoms with E-state index in [0.29, 0.717) is 18.2 Å². The summed E-state index contributed by atoms with van der Waals surface area (Å²) in [6.45, 7) is 0.631. The minimum atomic E-state index is -3.71. The lowest BCUT2D eigenvalue weighted by Crippen LogP contribution is -2.43. The smallest absolute Gasteiger partial charge is 0.240 e. The van der Waals surface area contributed by atoms with Crippen molar-refractivity contribution in [2.24, 2.45) is 16.8 Å². The van der Waals surface area contributed by atoms with Crippen LogP contribution in [-0.2, 0) is 10.0 Å². The van der Waals surface area contributed by atoms with Crippen molar-refractivity contribution in [2.75, 3.05) is 18.5 Å². The lowest BCUT2D eigenvalue weighted by molar-refractivity contribution is 0.306. The molecule has 0 aromatic heterocycles. The van der Waals surface area contributed by atoms with Gasteiger partial charge in [-0.3, -0.25) is 0 Å². The number of anilines is 1. The van der Waals surface area contributed by atoms with E-state index in [1.807, 2.05) is 24.1 Å². The Morgan fingerprint density at radius 1 is 1.25 bits per heavy atom. The predicted molar refractivity (Wildman–Crippen MR) is 81.0 cm³/mol. The third kappa shape index (κ3) is 3.13. The second-order valence-corrected chi connectivity index (χ2v) is 7.00. The Labute approximate surface area is 121 Å². The molecule has 2 unspecified atom stereocenters. The van der Waals surface area contributed by atoms with E-state index in [0.717, 1.165) is 19.3 Å². The molecule has 0 aliphatic heterocycles. The van der Waals surface area contributed by atoms with E-state index >= 15 is 0 Å². The molecule has 6 heteroatoms. The van der Waals surface area contributed by atoms with Crippen molar-refractivity contribution in [2.45, 2.75) is 36.6 Å². The van der Waals surface area contributed by atoms with E-state index in [1.54, 1.807) is 12.1 Å². The molecular weight excluding hydrogens is 274 g/mol. The second-order valence-electron chi connectivity index (χ2n) is 5.47. The quantitative estimate of drug-likeness (QED) is 0.876. The van der Waals surface area contributed by atoms with E-state index < -0.39 is 10.0 Å². The molecule has 1 aromatic carbocycles. The average Bonchev–Trinajstić information content (AvgIpc) is 2.45. The number of para-hydroxylation sites is 1. The van der Waals surface area contributed by atoms with Crippen molar-refractivity contribution >= 4 is 15.7 Å². The summed E-state index contributed by atoms with van der Waals surface area (Å²) in [5.74, 6) is 0.405. The summed E-state index contributed by atoms with van der Waals surface area (Å²) in [6, 6.07) is 7.17. The molecule has 0 spiro atoms. The van der Waals surface area contributed by atoms with E-state index in [4.69, 9.17) is 10.9 Å². The number of rotatable bonds is 4. The number of hydrogen-bond donors (Lipinski definition) is 2. The molecular formula is C14H23N3O2S. The van der Waals surface area contributed by atoms with Crippen LogP contribution in [0.2, 0.25) is 0 Å². The molecule has 0 heterocycles. The number of nitrogens with two attached hydrogens (primary N) is 2. The van der Waals surface area contributed by atoms with Crippen molar-refractivity contribution in [1.82, 2.24) is 0 Å². The first-order valence-electron chi connectivity index (χ1n) is 7.00. The molecule has 0 bridgehead atoms. The zero-order valence-corrected chi connectivity index (χ0v) is 12.6. The van der Waals surface area contributed by atoms with Crippen LogP contribution in [-0.4, -0.2) is 28.1 Å². The summed E-state index contributed by atoms with van der Waals surface area (Å²) < 4.78 is 23.4. The van der Waals surface area contributed by atoms with Gasteiger partial charge >= 0.3 is 0 Å². The van der Waals surface area contributed by atoms with Crippen LogP contribution in [0.15, 0.2) is 29.2 Å². The Balaban J connectivity index is 2.35. The highest BCUT2D eigenvalue weighted by atomic mass is 32.2. The maximum absolute atomic E-state index is 11.7. The fourth-order valence-electron chi connectivity index (χ4n) is 3.14. The molecule has 1 aliphatic carbocycles. The van der Waals surface area contributed by atoms with Gasteiger partial charge in [0.2, 0.25) is 10.0 Å². The van der Waals surface area contributed by atoms with Gasteiger partial charge in [-0.15, -0.1) is 0 Å². The SMILES string of the molecule is CN(c1ccccc1S(N)(=O)=O)C1CCCCC1CN. The lowest BCUT2D eigenvalue weighted by atomic mass is 9.83. The van der Waals surface area contributed by atoms with Gasteiger partial charge in [-0.2, -0.15) is 0 Å². The molecule has 0 saturated heterocycles. The Bertz CT molecular complexity index is 559. The molecule has 1 aliphatic rings. The van der Waals surface area contributed by atoms with Gasteiger partial charge in [0, 0.05) is 13.1 Å². The van der Waals surface area contributed by atoms with Gasteiger partial charge in [0.15, 0.2) is 0 Å². The molecule has 2 atom stereocenters. The third-order valence-electron chi connectivity index (χ3n) is 4.22. The number of sulfonamides is 1. The third-order valence-corrected chi connectivity index (χ3v) is 5.18. The zero-order valence-electron chi connectivity index (χ0n) is 11.8. The number of benzene rings is 1. The summed E-state index contributed by atoms with van der Waals surface area (Å²) in [5.41, 5.74) is 6.53. The fourth-order valence-corrected chi connectivity index (χ4v) is 3.91. The van der Waals surface area contributed by atoms with Gasteiger partial charge in [-0.05, 0) is 37.4 Å². The molecule has 1 saturated carbocycles. The molecule has 0 radical (unpaired) electrons. The molecule has 0 amide bonds. The van der Waals surface area contributed by atoms with Crippen LogP contribution in [0.4, 0.5) is 5.69 Å². The van der Waals surface area contributed by atoms with Crippen LogP contribution in [0.3, 0.4) is 0 Å². The van der Waals surface area contributed by atoms with Crippen LogP contribution in [0.25, 0.3) is 0 Å². The van der Waals surface area contributed by atoms with Crippen LogP contribution in [0.1, 0.15) is 25.7 Å². The Morgan fingerprint density at radius 2 is 1.90 bits per heavy atom. The minimum absolute atomic E-state index is 0.184. The van der Waals surface area contributed by atoms with Gasteiger partial charge < -0.3 is 10.6 Å². The molecule has 1 fully saturated rings. The summed E-state index contributed by atoms with van der Waals surface area (Å²) >= 11 is 0. The van der Waals surface area contributed by atoms with Gasteiger partial charge in [-0.25, -0.2) is 13.6 Å². The summed E-state index contributed by atoms with van der Waals surface area (Å²) in [5, 5.41) is 5.31. The number of primary sulfonamides is 1. The maximum Gasteiger partial charge on any atom is 0.240 e. The fraction of sp³-hybridized carbons (Fsp3) is 0.571. The van der Waals surface area contributed by atoms with Crippen LogP contribution < -0.4 is 15.8 Å². The van der Waals surface area contributed by atoms with Gasteiger partial charge in [0.25, 0.3) is 0 Å². The lowest BCUT2D eigenvalue weighted by Gasteiger charge is -2.39. The summed E-state index contributed by atoms with van der Waals surface area (Å²) in [6.07, 6.45) is 4.49. The molecule has 20 heavy (non-hydrogen) atoms. The van der Waals surface area contributed by atoms with E-state index in [2.05, 4.69) is 0 Å². The maximum atomic E-state index is 11.7. The monoisotopic (exact) mass is 297 g/mol. The van der Waals surface area contributed by atoms with Crippen LogP contribution in [0.5, 0.6) is 0 Å².